The first-order chi connectivity index (χ1) is 13.0. The third-order valence-electron chi connectivity index (χ3n) is 5.20. The molecule has 0 amide bonds. The van der Waals surface area contributed by atoms with Crippen LogP contribution in [-0.4, -0.2) is 37.7 Å². The minimum absolute atomic E-state index is 0. The zero-order valence-electron chi connectivity index (χ0n) is 16.5. The van der Waals surface area contributed by atoms with E-state index in [4.69, 9.17) is 9.15 Å². The molecule has 2 N–H and O–H groups in total. The molecule has 1 saturated heterocycles. The summed E-state index contributed by atoms with van der Waals surface area (Å²) in [5.74, 6) is 1.92. The number of hydrogen-bond donors (Lipinski definition) is 2. The molecular formula is C20H28FIN4O2. The fourth-order valence-electron chi connectivity index (χ4n) is 3.38. The van der Waals surface area contributed by atoms with Gasteiger partial charge in [-0.25, -0.2) is 9.37 Å². The number of guanidine groups is 1. The van der Waals surface area contributed by atoms with Crippen LogP contribution in [0, 0.1) is 19.7 Å². The Labute approximate surface area is 182 Å². The fraction of sp³-hybridized carbons (Fsp3) is 0.500. The molecule has 6 nitrogen and oxygen atoms in total. The number of oxazole rings is 1. The molecule has 3 rings (SSSR count). The van der Waals surface area contributed by atoms with Crippen LogP contribution in [0.4, 0.5) is 4.39 Å². The number of rotatable bonds is 5. The molecule has 1 aliphatic rings. The maximum absolute atomic E-state index is 13.4. The molecule has 1 aromatic heterocycles. The van der Waals surface area contributed by atoms with Gasteiger partial charge in [-0.15, -0.1) is 24.0 Å². The minimum atomic E-state index is -0.220. The quantitative estimate of drug-likeness (QED) is 0.373. The van der Waals surface area contributed by atoms with Crippen molar-refractivity contribution in [3.63, 3.8) is 0 Å². The highest BCUT2D eigenvalue weighted by Gasteiger charge is 2.34. The number of benzene rings is 1. The molecule has 0 spiro atoms. The summed E-state index contributed by atoms with van der Waals surface area (Å²) in [6, 6.07) is 6.79. The van der Waals surface area contributed by atoms with Crippen LogP contribution in [0.1, 0.15) is 35.7 Å². The van der Waals surface area contributed by atoms with E-state index in [-0.39, 0.29) is 35.2 Å². The summed E-state index contributed by atoms with van der Waals surface area (Å²) in [6.07, 6.45) is 1.75. The van der Waals surface area contributed by atoms with Gasteiger partial charge in [0.1, 0.15) is 11.6 Å². The van der Waals surface area contributed by atoms with Gasteiger partial charge in [0.25, 0.3) is 0 Å². The topological polar surface area (TPSA) is 71.7 Å². The van der Waals surface area contributed by atoms with Gasteiger partial charge in [-0.05, 0) is 44.4 Å². The Bertz CT molecular complexity index is 767. The summed E-state index contributed by atoms with van der Waals surface area (Å²) < 4.78 is 24.5. The fourth-order valence-corrected chi connectivity index (χ4v) is 3.38. The van der Waals surface area contributed by atoms with Crippen molar-refractivity contribution >= 4 is 29.9 Å². The molecule has 1 aromatic carbocycles. The van der Waals surface area contributed by atoms with E-state index in [1.54, 1.807) is 7.05 Å². The number of hydrogen-bond acceptors (Lipinski definition) is 4. The lowest BCUT2D eigenvalue weighted by molar-refractivity contribution is 0.0513. The van der Waals surface area contributed by atoms with Gasteiger partial charge in [0, 0.05) is 32.2 Å². The highest BCUT2D eigenvalue weighted by Crippen LogP contribution is 2.34. The first-order valence-electron chi connectivity index (χ1n) is 9.24. The lowest BCUT2D eigenvalue weighted by Gasteiger charge is -2.38. The second kappa shape index (κ2) is 10.2. The normalized spacial score (nSPS) is 16.4. The molecule has 0 aliphatic carbocycles. The zero-order chi connectivity index (χ0) is 19.3. The number of ether oxygens (including phenoxy) is 1. The van der Waals surface area contributed by atoms with Crippen molar-refractivity contribution in [2.45, 2.75) is 38.6 Å². The number of halogens is 2. The van der Waals surface area contributed by atoms with Gasteiger partial charge in [0.2, 0.25) is 5.89 Å². The summed E-state index contributed by atoms with van der Waals surface area (Å²) >= 11 is 0. The second-order valence-electron chi connectivity index (χ2n) is 6.93. The lowest BCUT2D eigenvalue weighted by Crippen LogP contribution is -2.48. The first-order valence-corrected chi connectivity index (χ1v) is 9.24. The van der Waals surface area contributed by atoms with E-state index < -0.39 is 0 Å². The number of aromatic nitrogens is 1. The average Bonchev–Trinajstić information content (AvgIpc) is 3.01. The van der Waals surface area contributed by atoms with Crippen molar-refractivity contribution in [3.05, 3.63) is 53.0 Å². The molecule has 0 saturated carbocycles. The van der Waals surface area contributed by atoms with Crippen LogP contribution in [0.25, 0.3) is 0 Å². The van der Waals surface area contributed by atoms with E-state index in [2.05, 4.69) is 20.6 Å². The molecule has 0 unspecified atom stereocenters. The molecule has 28 heavy (non-hydrogen) atoms. The molecule has 2 aromatic rings. The highest BCUT2D eigenvalue weighted by molar-refractivity contribution is 14.0. The van der Waals surface area contributed by atoms with E-state index in [9.17, 15) is 4.39 Å². The third-order valence-corrected chi connectivity index (χ3v) is 5.20. The molecule has 0 atom stereocenters. The van der Waals surface area contributed by atoms with Crippen molar-refractivity contribution in [2.75, 3.05) is 26.8 Å². The predicted molar refractivity (Wildman–Crippen MR) is 118 cm³/mol. The van der Waals surface area contributed by atoms with Gasteiger partial charge in [-0.3, -0.25) is 4.99 Å². The summed E-state index contributed by atoms with van der Waals surface area (Å²) in [5, 5.41) is 6.64. The van der Waals surface area contributed by atoms with E-state index in [1.807, 2.05) is 26.0 Å². The predicted octanol–water partition coefficient (Wildman–Crippen LogP) is 3.46. The monoisotopic (exact) mass is 502 g/mol. The van der Waals surface area contributed by atoms with Crippen LogP contribution >= 0.6 is 24.0 Å². The summed E-state index contributed by atoms with van der Waals surface area (Å²) in [5.41, 5.74) is 1.90. The maximum Gasteiger partial charge on any atom is 0.214 e. The molecule has 0 radical (unpaired) electrons. The average molecular weight is 502 g/mol. The van der Waals surface area contributed by atoms with Gasteiger partial charge >= 0.3 is 0 Å². The molecule has 2 heterocycles. The summed E-state index contributed by atoms with van der Waals surface area (Å²) in [7, 11) is 1.73. The van der Waals surface area contributed by atoms with Crippen LogP contribution in [0.2, 0.25) is 0 Å². The van der Waals surface area contributed by atoms with Crippen LogP contribution in [-0.2, 0) is 16.7 Å². The standard InChI is InChI=1S/C20H27FN4O2.HI/c1-14-15(2)27-18(25-14)12-23-19(22-3)24-13-20(8-10-26-11-9-20)16-4-6-17(21)7-5-16;/h4-7H,8-13H2,1-3H3,(H2,22,23,24);1H. The SMILES string of the molecule is CN=C(NCc1nc(C)c(C)o1)NCC1(c2ccc(F)cc2)CCOCC1.I. The number of aliphatic imine (C=N–C) groups is 1. The summed E-state index contributed by atoms with van der Waals surface area (Å²) in [6.45, 7) is 6.36. The second-order valence-corrected chi connectivity index (χ2v) is 6.93. The lowest BCUT2D eigenvalue weighted by atomic mass is 9.74. The Balaban J connectivity index is 0.00000280. The zero-order valence-corrected chi connectivity index (χ0v) is 18.9. The Morgan fingerprint density at radius 3 is 2.43 bits per heavy atom. The number of nitrogens with one attached hydrogen (secondary N) is 2. The molecule has 154 valence electrons. The van der Waals surface area contributed by atoms with Gasteiger partial charge in [0.15, 0.2) is 5.96 Å². The van der Waals surface area contributed by atoms with Crippen molar-refractivity contribution < 1.29 is 13.5 Å². The van der Waals surface area contributed by atoms with Gasteiger partial charge in [-0.1, -0.05) is 12.1 Å². The molecule has 1 fully saturated rings. The van der Waals surface area contributed by atoms with E-state index in [1.165, 1.54) is 12.1 Å². The first kappa shape index (κ1) is 22.6. The largest absolute Gasteiger partial charge is 0.444 e. The van der Waals surface area contributed by atoms with Crippen molar-refractivity contribution in [1.29, 1.82) is 0 Å². The van der Waals surface area contributed by atoms with Crippen molar-refractivity contribution in [1.82, 2.24) is 15.6 Å². The van der Waals surface area contributed by atoms with E-state index in [0.29, 0.717) is 38.2 Å². The molecule has 8 heteroatoms. The smallest absolute Gasteiger partial charge is 0.214 e. The van der Waals surface area contributed by atoms with Crippen LogP contribution in [0.15, 0.2) is 33.7 Å². The van der Waals surface area contributed by atoms with Crippen molar-refractivity contribution in [2.24, 2.45) is 4.99 Å². The van der Waals surface area contributed by atoms with Crippen LogP contribution < -0.4 is 10.6 Å². The Morgan fingerprint density at radius 1 is 1.18 bits per heavy atom. The van der Waals surface area contributed by atoms with Gasteiger partial charge < -0.3 is 19.8 Å². The van der Waals surface area contributed by atoms with Gasteiger partial charge in [-0.2, -0.15) is 0 Å². The van der Waals surface area contributed by atoms with E-state index in [0.717, 1.165) is 29.9 Å². The molecule has 1 aliphatic heterocycles. The van der Waals surface area contributed by atoms with Crippen molar-refractivity contribution in [3.8, 4) is 0 Å². The minimum Gasteiger partial charge on any atom is -0.444 e. The number of aryl methyl sites for hydroxylation is 2. The van der Waals surface area contributed by atoms with E-state index >= 15 is 0 Å². The van der Waals surface area contributed by atoms with Crippen LogP contribution in [0.3, 0.4) is 0 Å². The Kier molecular flexibility index (Phi) is 8.23. The van der Waals surface area contributed by atoms with Crippen LogP contribution in [0.5, 0.6) is 0 Å². The number of nitrogens with zero attached hydrogens (tertiary/aromatic N) is 2. The summed E-state index contributed by atoms with van der Waals surface area (Å²) in [4.78, 5) is 8.66. The molecule has 0 bridgehead atoms. The Hall–Kier alpha value is -1.68. The molecular weight excluding hydrogens is 474 g/mol. The third kappa shape index (κ3) is 5.44. The highest BCUT2D eigenvalue weighted by atomic mass is 127. The maximum atomic E-state index is 13.4. The Morgan fingerprint density at radius 2 is 1.86 bits per heavy atom. The van der Waals surface area contributed by atoms with Gasteiger partial charge in [0.05, 0.1) is 12.2 Å².